The molecule has 141 heavy (non-hydrogen) atoms. The number of anilines is 9. The van der Waals surface area contributed by atoms with Crippen LogP contribution in [0.2, 0.25) is 0 Å². The van der Waals surface area contributed by atoms with E-state index in [1.807, 2.05) is 0 Å². The van der Waals surface area contributed by atoms with Gasteiger partial charge in [0.2, 0.25) is 0 Å². The SMILES string of the molecule is c1ccc(N(c2ccc(-c3cc4ccccc4c4ccccc34)cc2)c2ccc3c(c2)C2(c4ccccc4-3)C3CC4CC(C3)CC2C4)cc1.c1ccc2c(c1)-c1ccc(N(c3ccc(-c4ccc5ccccc5c4)cc3)c3ccc4ccccc4c3)cc1C21C2CC3CC(C2)CC1C3.c1ccc2c(c1)-c1ccc(N(c3ccc4ccccc4c3)c3ccc4ccccc4c3)cc1C21C2CC3CC(C2)CC1C3. The van der Waals surface area contributed by atoms with Crippen LogP contribution in [-0.2, 0) is 16.2 Å². The van der Waals surface area contributed by atoms with Crippen molar-refractivity contribution in [3.8, 4) is 55.6 Å². The summed E-state index contributed by atoms with van der Waals surface area (Å²) in [5.74, 6) is 10.1. The van der Waals surface area contributed by atoms with Gasteiger partial charge in [-0.3, -0.25) is 0 Å². The Kier molecular flexibility index (Phi) is 18.8. The number of para-hydroxylation sites is 1. The van der Waals surface area contributed by atoms with Crippen LogP contribution in [0.15, 0.2) is 431 Å². The highest BCUT2D eigenvalue weighted by Gasteiger charge is 2.65. The fourth-order valence-electron chi connectivity index (χ4n) is 33.0. The number of hydrogen-bond acceptors (Lipinski definition) is 3. The van der Waals surface area contributed by atoms with Crippen LogP contribution in [0.1, 0.15) is 130 Å². The maximum Gasteiger partial charge on any atom is 0.0468 e. The molecule has 0 aliphatic heterocycles. The predicted molar refractivity (Wildman–Crippen MR) is 589 cm³/mol. The van der Waals surface area contributed by atoms with Crippen LogP contribution in [0, 0.1) is 71.0 Å². The molecule has 15 aliphatic carbocycles. The lowest BCUT2D eigenvalue weighted by atomic mass is 9.43. The Morgan fingerprint density at radius 1 is 0.142 bits per heavy atom. The van der Waals surface area contributed by atoms with E-state index < -0.39 is 0 Å². The van der Waals surface area contributed by atoms with Gasteiger partial charge in [-0.05, 0) is 442 Å². The van der Waals surface area contributed by atoms with Crippen LogP contribution in [-0.4, -0.2) is 0 Å². The van der Waals surface area contributed by atoms with E-state index in [1.54, 1.807) is 33.4 Å². The van der Waals surface area contributed by atoms with E-state index in [1.165, 1.54) is 268 Å². The first-order valence-electron chi connectivity index (χ1n) is 53.0. The molecule has 15 aliphatic rings. The van der Waals surface area contributed by atoms with Crippen molar-refractivity contribution in [2.75, 3.05) is 14.7 Å². The predicted octanol–water partition coefficient (Wildman–Crippen LogP) is 36.9. The minimum absolute atomic E-state index is 0.143. The maximum atomic E-state index is 2.62. The standard InChI is InChI=1S/2C48H39N.C42H35N/c1-3-9-36-28-38(14-13-33(36)7-1)35-15-18-41(19-16-35)49(42-20-17-34-8-2-4-10-37(34)29-42)43-21-22-45-44-11-5-6-12-46(44)48(47(45)30-43)39-24-31-23-32(26-39)27-40(48)25-31;1-2-11-37(12-3-1)49(38-20-18-33(19-21-38)45-29-34-10-4-5-13-40(34)41-14-6-7-15-42(41)45)39-22-23-44-43-16-8-9-17-46(43)48(47(44)30-39)35-25-31-24-32(27-35)28-36(48)26-31;1-3-9-31-24-35(15-13-29(31)7-1)43(36-16-14-30-8-2-4-10-32(30)25-36)37-17-18-39-38-11-5-6-12-40(38)42(41(39)26-37)33-20-27-19-28(22-33)23-34(42)21-27/h1-22,28-32,39-40H,23-27H2;1-23,29-32,35-36H,24-28H2;1-18,24-28,33-34H,19-23H2. The van der Waals surface area contributed by atoms with E-state index in [4.69, 9.17) is 0 Å². The lowest BCUT2D eigenvalue weighted by Crippen LogP contribution is -2.55. The Hall–Kier alpha value is -14.6. The molecule has 3 nitrogen and oxygen atoms in total. The minimum atomic E-state index is 0.143. The molecule has 3 heteroatoms. The average Bonchev–Trinajstić information content (AvgIpc) is 1.54. The maximum absolute atomic E-state index is 2.62. The number of rotatable bonds is 11. The fraction of sp³-hybridized carbons (Fsp3) is 0.217. The zero-order valence-corrected chi connectivity index (χ0v) is 79.9. The summed E-state index contributed by atoms with van der Waals surface area (Å²) >= 11 is 0. The molecular weight excluding hydrogens is 1700 g/mol. The molecule has 20 aromatic carbocycles. The second-order valence-electron chi connectivity index (χ2n) is 44.6. The number of nitrogens with zero attached hydrogens (tertiary/aromatic N) is 3. The van der Waals surface area contributed by atoms with Gasteiger partial charge in [0.05, 0.1) is 0 Å². The Morgan fingerprint density at radius 2 is 0.397 bits per heavy atom. The van der Waals surface area contributed by atoms with E-state index in [9.17, 15) is 0 Å². The molecule has 12 fully saturated rings. The number of benzene rings is 20. The van der Waals surface area contributed by atoms with Crippen molar-refractivity contribution in [3.05, 3.63) is 464 Å². The smallest absolute Gasteiger partial charge is 0.0468 e. The average molecular weight is 1810 g/mol. The van der Waals surface area contributed by atoms with E-state index in [2.05, 4.69) is 445 Å². The first kappa shape index (κ1) is 82.3. The first-order chi connectivity index (χ1) is 69.7. The Bertz CT molecular complexity index is 8280. The van der Waals surface area contributed by atoms with Crippen LogP contribution >= 0.6 is 0 Å². The van der Waals surface area contributed by atoms with Crippen molar-refractivity contribution in [1.29, 1.82) is 0 Å². The molecule has 0 atom stereocenters. The summed E-state index contributed by atoms with van der Waals surface area (Å²) in [5, 5.41) is 15.4. The molecular formula is C138H113N3. The Balaban J connectivity index is 0.0000000994. The second-order valence-corrected chi connectivity index (χ2v) is 44.6. The highest BCUT2D eigenvalue weighted by Crippen LogP contribution is 2.74. The summed E-state index contributed by atoms with van der Waals surface area (Å²) in [4.78, 5) is 7.49. The molecule has 0 heterocycles. The molecule has 0 radical (unpaired) electrons. The van der Waals surface area contributed by atoms with E-state index >= 15 is 0 Å². The second kappa shape index (κ2) is 32.2. The lowest BCUT2D eigenvalue weighted by Gasteiger charge is -2.61. The molecule has 20 aromatic rings. The molecule has 0 amide bonds. The van der Waals surface area contributed by atoms with Gasteiger partial charge >= 0.3 is 0 Å². The molecule has 12 bridgehead atoms. The summed E-state index contributed by atoms with van der Waals surface area (Å²) < 4.78 is 0. The van der Waals surface area contributed by atoms with Crippen LogP contribution < -0.4 is 14.7 Å². The van der Waals surface area contributed by atoms with Crippen LogP contribution in [0.3, 0.4) is 0 Å². The van der Waals surface area contributed by atoms with Crippen LogP contribution in [0.4, 0.5) is 51.2 Å². The Morgan fingerprint density at radius 3 is 0.787 bits per heavy atom. The van der Waals surface area contributed by atoms with Gasteiger partial charge in [-0.1, -0.05) is 309 Å². The highest BCUT2D eigenvalue weighted by molar-refractivity contribution is 6.14. The molecule has 680 valence electrons. The topological polar surface area (TPSA) is 9.72 Å². The van der Waals surface area contributed by atoms with Gasteiger partial charge in [-0.15, -0.1) is 0 Å². The van der Waals surface area contributed by atoms with Gasteiger partial charge < -0.3 is 14.7 Å². The molecule has 0 saturated heterocycles. The molecule has 0 N–H and O–H groups in total. The third-order valence-electron chi connectivity index (χ3n) is 37.8. The highest BCUT2D eigenvalue weighted by atomic mass is 15.2. The van der Waals surface area contributed by atoms with Gasteiger partial charge in [-0.2, -0.15) is 0 Å². The van der Waals surface area contributed by atoms with Crippen molar-refractivity contribution >= 4 is 116 Å². The largest absolute Gasteiger partial charge is 0.310 e. The van der Waals surface area contributed by atoms with Crippen molar-refractivity contribution in [2.24, 2.45) is 71.0 Å². The summed E-state index contributed by atoms with van der Waals surface area (Å²) in [6, 6.07) is 163. The summed E-state index contributed by atoms with van der Waals surface area (Å²) in [5.41, 5.74) is 35.0. The lowest BCUT2D eigenvalue weighted by molar-refractivity contribution is -0.0399. The third kappa shape index (κ3) is 12.7. The van der Waals surface area contributed by atoms with Crippen LogP contribution in [0.25, 0.3) is 120 Å². The summed E-state index contributed by atoms with van der Waals surface area (Å²) in [6.07, 6.45) is 21.3. The quantitative estimate of drug-likeness (QED) is 0.120. The fourth-order valence-corrected chi connectivity index (χ4v) is 33.0. The van der Waals surface area contributed by atoms with E-state index in [0.29, 0.717) is 0 Å². The van der Waals surface area contributed by atoms with E-state index in [-0.39, 0.29) is 16.2 Å². The van der Waals surface area contributed by atoms with Gasteiger partial charge in [0.1, 0.15) is 0 Å². The first-order valence-corrected chi connectivity index (χ1v) is 53.0. The van der Waals surface area contributed by atoms with E-state index in [0.717, 1.165) is 71.0 Å². The molecule has 12 saturated carbocycles. The van der Waals surface area contributed by atoms with Gasteiger partial charge in [0.15, 0.2) is 0 Å². The third-order valence-corrected chi connectivity index (χ3v) is 37.8. The zero-order chi connectivity index (χ0) is 92.3. The summed E-state index contributed by atoms with van der Waals surface area (Å²) in [6.45, 7) is 0. The summed E-state index contributed by atoms with van der Waals surface area (Å²) in [7, 11) is 0. The van der Waals surface area contributed by atoms with Crippen molar-refractivity contribution < 1.29 is 0 Å². The minimum Gasteiger partial charge on any atom is -0.310 e. The molecule has 0 aromatic heterocycles. The van der Waals surface area contributed by atoms with Crippen molar-refractivity contribution in [2.45, 2.75) is 113 Å². The molecule has 3 spiro atoms. The molecule has 35 rings (SSSR count). The number of fused-ring (bicyclic) bond motifs is 16. The zero-order valence-electron chi connectivity index (χ0n) is 79.9. The van der Waals surface area contributed by atoms with Crippen LogP contribution in [0.5, 0.6) is 0 Å². The van der Waals surface area contributed by atoms with Gasteiger partial charge in [0.25, 0.3) is 0 Å². The van der Waals surface area contributed by atoms with Crippen molar-refractivity contribution in [3.63, 3.8) is 0 Å². The van der Waals surface area contributed by atoms with Gasteiger partial charge in [-0.25, -0.2) is 0 Å². The van der Waals surface area contributed by atoms with Crippen molar-refractivity contribution in [1.82, 2.24) is 0 Å². The normalized spacial score (nSPS) is 25.0. The number of hydrogen-bond donors (Lipinski definition) is 0. The monoisotopic (exact) mass is 1810 g/mol. The Labute approximate surface area is 827 Å². The van der Waals surface area contributed by atoms with Gasteiger partial charge in [0, 0.05) is 67.4 Å². The molecule has 0 unspecified atom stereocenters.